The third kappa shape index (κ3) is 4.89. The minimum Gasteiger partial charge on any atom is -0.489 e. The lowest BCUT2D eigenvalue weighted by Gasteiger charge is -2.42. The van der Waals surface area contributed by atoms with Gasteiger partial charge < -0.3 is 15.4 Å². The quantitative estimate of drug-likeness (QED) is 0.878. The Labute approximate surface area is 162 Å². The van der Waals surface area contributed by atoms with E-state index in [1.54, 1.807) is 0 Å². The average Bonchev–Trinajstić information content (AvgIpc) is 2.63. The van der Waals surface area contributed by atoms with Gasteiger partial charge in [-0.25, -0.2) is 0 Å². The molecule has 1 aliphatic heterocycles. The number of carbonyl (C=O) groups is 1. The molecule has 0 saturated carbocycles. The van der Waals surface area contributed by atoms with Crippen LogP contribution in [0.4, 0.5) is 0 Å². The van der Waals surface area contributed by atoms with Gasteiger partial charge in [0.2, 0.25) is 5.91 Å². The number of carbonyl (C=O) groups excluding carboxylic acids is 1. The Bertz CT molecular complexity index is 800. The van der Waals surface area contributed by atoms with E-state index < -0.39 is 0 Å². The first-order valence-corrected chi connectivity index (χ1v) is 9.65. The summed E-state index contributed by atoms with van der Waals surface area (Å²) in [5.41, 5.74) is 9.52. The molecule has 1 unspecified atom stereocenters. The van der Waals surface area contributed by atoms with Crippen molar-refractivity contribution in [2.75, 3.05) is 13.1 Å². The topological polar surface area (TPSA) is 55.6 Å². The molecule has 2 aromatic carbocycles. The van der Waals surface area contributed by atoms with Gasteiger partial charge in [-0.2, -0.15) is 0 Å². The van der Waals surface area contributed by atoms with Gasteiger partial charge in [-0.05, 0) is 47.6 Å². The van der Waals surface area contributed by atoms with Gasteiger partial charge in [0, 0.05) is 19.1 Å². The Morgan fingerprint density at radius 1 is 1.22 bits per heavy atom. The molecule has 1 aliphatic rings. The predicted molar refractivity (Wildman–Crippen MR) is 109 cm³/mol. The molecule has 1 heterocycles. The van der Waals surface area contributed by atoms with E-state index in [-0.39, 0.29) is 17.4 Å². The average molecular weight is 367 g/mol. The van der Waals surface area contributed by atoms with Crippen LogP contribution in [0.25, 0.3) is 0 Å². The van der Waals surface area contributed by atoms with Crippen LogP contribution in [0.2, 0.25) is 0 Å². The monoisotopic (exact) mass is 366 g/mol. The van der Waals surface area contributed by atoms with E-state index in [2.05, 4.69) is 32.9 Å². The number of aryl methyl sites for hydroxylation is 1. The maximum absolute atomic E-state index is 12.7. The maximum Gasteiger partial charge on any atom is 0.227 e. The lowest BCUT2D eigenvalue weighted by molar-refractivity contribution is -0.133. The summed E-state index contributed by atoms with van der Waals surface area (Å²) in [5, 5.41) is 0. The maximum atomic E-state index is 12.7. The highest BCUT2D eigenvalue weighted by molar-refractivity contribution is 5.79. The number of nitrogens with two attached hydrogens (primary N) is 1. The lowest BCUT2D eigenvalue weighted by Crippen LogP contribution is -2.54. The smallest absolute Gasteiger partial charge is 0.227 e. The van der Waals surface area contributed by atoms with E-state index >= 15 is 0 Å². The number of likely N-dealkylation sites (tertiary alicyclic amines) is 1. The molecule has 4 heteroatoms. The van der Waals surface area contributed by atoms with Crippen LogP contribution in [0.1, 0.15) is 37.0 Å². The SMILES string of the molecule is Cc1ccccc1COc1cccc(CC(=O)N2CCC(N)C(C)(C)C2)c1. The van der Waals surface area contributed by atoms with Gasteiger partial charge in [0.1, 0.15) is 12.4 Å². The van der Waals surface area contributed by atoms with Crippen molar-refractivity contribution in [3.8, 4) is 5.75 Å². The second kappa shape index (κ2) is 8.13. The first-order chi connectivity index (χ1) is 12.8. The zero-order valence-corrected chi connectivity index (χ0v) is 16.6. The molecular formula is C23H30N2O2. The molecule has 2 aromatic rings. The molecule has 0 spiro atoms. The van der Waals surface area contributed by atoms with E-state index in [1.165, 1.54) is 11.1 Å². The van der Waals surface area contributed by atoms with E-state index in [0.29, 0.717) is 13.0 Å². The van der Waals surface area contributed by atoms with Gasteiger partial charge in [-0.1, -0.05) is 50.2 Å². The Kier molecular flexibility index (Phi) is 5.85. The first kappa shape index (κ1) is 19.4. The lowest BCUT2D eigenvalue weighted by atomic mass is 9.79. The molecule has 0 bridgehead atoms. The fourth-order valence-corrected chi connectivity index (χ4v) is 3.55. The molecule has 1 fully saturated rings. The van der Waals surface area contributed by atoms with Gasteiger partial charge in [-0.15, -0.1) is 0 Å². The number of benzene rings is 2. The third-order valence-corrected chi connectivity index (χ3v) is 5.57. The first-order valence-electron chi connectivity index (χ1n) is 9.65. The third-order valence-electron chi connectivity index (χ3n) is 5.57. The molecule has 3 rings (SSSR count). The minimum atomic E-state index is -0.0353. The normalized spacial score (nSPS) is 19.0. The highest BCUT2D eigenvalue weighted by atomic mass is 16.5. The fourth-order valence-electron chi connectivity index (χ4n) is 3.55. The number of hydrogen-bond donors (Lipinski definition) is 1. The molecule has 2 N–H and O–H groups in total. The number of ether oxygens (including phenoxy) is 1. The molecule has 0 radical (unpaired) electrons. The number of nitrogens with zero attached hydrogens (tertiary/aromatic N) is 1. The molecule has 1 amide bonds. The van der Waals surface area contributed by atoms with Gasteiger partial charge >= 0.3 is 0 Å². The number of piperidine rings is 1. The van der Waals surface area contributed by atoms with Crippen LogP contribution in [0.15, 0.2) is 48.5 Å². The second-order valence-electron chi connectivity index (χ2n) is 8.24. The van der Waals surface area contributed by atoms with E-state index in [4.69, 9.17) is 10.5 Å². The largest absolute Gasteiger partial charge is 0.489 e. The van der Waals surface area contributed by atoms with Crippen molar-refractivity contribution in [2.45, 2.75) is 46.3 Å². The van der Waals surface area contributed by atoms with Crippen molar-refractivity contribution in [3.63, 3.8) is 0 Å². The Morgan fingerprint density at radius 3 is 2.74 bits per heavy atom. The molecular weight excluding hydrogens is 336 g/mol. The number of rotatable bonds is 5. The molecule has 0 aliphatic carbocycles. The van der Waals surface area contributed by atoms with Gasteiger partial charge in [0.25, 0.3) is 0 Å². The highest BCUT2D eigenvalue weighted by Crippen LogP contribution is 2.28. The molecule has 0 aromatic heterocycles. The predicted octanol–water partition coefficient (Wildman–Crippen LogP) is 3.70. The summed E-state index contributed by atoms with van der Waals surface area (Å²) in [6.07, 6.45) is 1.26. The number of hydrogen-bond acceptors (Lipinski definition) is 3. The van der Waals surface area contributed by atoms with Crippen molar-refractivity contribution < 1.29 is 9.53 Å². The number of amides is 1. The summed E-state index contributed by atoms with van der Waals surface area (Å²) in [5.74, 6) is 0.954. The van der Waals surface area contributed by atoms with Crippen molar-refractivity contribution in [2.24, 2.45) is 11.1 Å². The Hall–Kier alpha value is -2.33. The standard InChI is InChI=1S/C23H30N2O2/c1-17-7-4-5-9-19(17)15-27-20-10-6-8-18(13-20)14-22(26)25-12-11-21(24)23(2,3)16-25/h4-10,13,21H,11-12,14-16,24H2,1-3H3. The summed E-state index contributed by atoms with van der Waals surface area (Å²) in [6.45, 7) is 8.35. The van der Waals surface area contributed by atoms with Crippen molar-refractivity contribution in [3.05, 3.63) is 65.2 Å². The van der Waals surface area contributed by atoms with Gasteiger partial charge in [-0.3, -0.25) is 4.79 Å². The van der Waals surface area contributed by atoms with Crippen LogP contribution in [0.3, 0.4) is 0 Å². The molecule has 27 heavy (non-hydrogen) atoms. The van der Waals surface area contributed by atoms with Crippen LogP contribution in [0.5, 0.6) is 5.75 Å². The van der Waals surface area contributed by atoms with Crippen molar-refractivity contribution in [1.82, 2.24) is 4.90 Å². The van der Waals surface area contributed by atoms with Gasteiger partial charge in [0.15, 0.2) is 0 Å². The van der Waals surface area contributed by atoms with E-state index in [9.17, 15) is 4.79 Å². The van der Waals surface area contributed by atoms with Crippen LogP contribution in [0, 0.1) is 12.3 Å². The zero-order chi connectivity index (χ0) is 19.4. The van der Waals surface area contributed by atoms with Crippen molar-refractivity contribution in [1.29, 1.82) is 0 Å². The molecule has 144 valence electrons. The van der Waals surface area contributed by atoms with E-state index in [0.717, 1.165) is 30.8 Å². The van der Waals surface area contributed by atoms with Crippen molar-refractivity contribution >= 4 is 5.91 Å². The van der Waals surface area contributed by atoms with Crippen LogP contribution in [-0.2, 0) is 17.8 Å². The summed E-state index contributed by atoms with van der Waals surface area (Å²) >= 11 is 0. The molecule has 1 saturated heterocycles. The zero-order valence-electron chi connectivity index (χ0n) is 16.6. The van der Waals surface area contributed by atoms with Gasteiger partial charge in [0.05, 0.1) is 6.42 Å². The summed E-state index contributed by atoms with van der Waals surface area (Å²) in [6, 6.07) is 16.2. The summed E-state index contributed by atoms with van der Waals surface area (Å²) < 4.78 is 5.95. The second-order valence-corrected chi connectivity index (χ2v) is 8.24. The Morgan fingerprint density at radius 2 is 2.00 bits per heavy atom. The summed E-state index contributed by atoms with van der Waals surface area (Å²) in [4.78, 5) is 14.7. The minimum absolute atomic E-state index is 0.0353. The fraction of sp³-hybridized carbons (Fsp3) is 0.435. The van der Waals surface area contributed by atoms with Crippen LogP contribution in [-0.4, -0.2) is 29.9 Å². The molecule has 4 nitrogen and oxygen atoms in total. The highest BCUT2D eigenvalue weighted by Gasteiger charge is 2.35. The van der Waals surface area contributed by atoms with Crippen LogP contribution < -0.4 is 10.5 Å². The van der Waals surface area contributed by atoms with E-state index in [1.807, 2.05) is 41.3 Å². The summed E-state index contributed by atoms with van der Waals surface area (Å²) in [7, 11) is 0. The molecule has 1 atom stereocenters. The van der Waals surface area contributed by atoms with Crippen LogP contribution >= 0.6 is 0 Å². The Balaban J connectivity index is 1.60.